The number of nitrogens with one attached hydrogen (secondary N) is 1. The van der Waals surface area contributed by atoms with Crippen LogP contribution in [-0.4, -0.2) is 24.4 Å². The Bertz CT molecular complexity index is 717. The van der Waals surface area contributed by atoms with Gasteiger partial charge in [-0.05, 0) is 60.9 Å². The molecule has 3 rings (SSSR count). The first-order valence-corrected chi connectivity index (χ1v) is 9.78. The monoisotopic (exact) mass is 350 g/mol. The molecule has 1 fully saturated rings. The summed E-state index contributed by atoms with van der Waals surface area (Å²) < 4.78 is 0. The fourth-order valence-corrected chi connectivity index (χ4v) is 3.47. The third-order valence-corrected chi connectivity index (χ3v) is 5.44. The fraction of sp³-hybridized carbons (Fsp3) is 0.435. The number of hydrogen-bond donors (Lipinski definition) is 1. The highest BCUT2D eigenvalue weighted by Crippen LogP contribution is 2.40. The highest BCUT2D eigenvalue weighted by atomic mass is 16.2. The Kier molecular flexibility index (Phi) is 5.97. The van der Waals surface area contributed by atoms with Crippen LogP contribution in [0.5, 0.6) is 0 Å². The summed E-state index contributed by atoms with van der Waals surface area (Å²) in [5.74, 6) is 0.990. The van der Waals surface area contributed by atoms with Gasteiger partial charge in [0.05, 0.1) is 6.04 Å². The third kappa shape index (κ3) is 4.46. The van der Waals surface area contributed by atoms with Crippen molar-refractivity contribution in [2.45, 2.75) is 51.5 Å². The van der Waals surface area contributed by atoms with Crippen LogP contribution in [0.15, 0.2) is 48.5 Å². The standard InChI is InChI=1S/C23H30N2O/c1-4-23(26)25(16-15-18-5-13-22(24-3)14-6-18)17(2)19-7-9-20(10-8-19)21-11-12-21/h5-10,13-14,17,21,24H,4,11-12,15-16H2,1-3H3. The normalized spacial score (nSPS) is 14.7. The molecule has 0 spiro atoms. The Balaban J connectivity index is 1.68. The average molecular weight is 351 g/mol. The molecule has 0 heterocycles. The molecule has 1 saturated carbocycles. The number of carbonyl (C=O) groups excluding carboxylic acids is 1. The van der Waals surface area contributed by atoms with Crippen molar-refractivity contribution in [3.05, 3.63) is 65.2 Å². The van der Waals surface area contributed by atoms with Gasteiger partial charge in [0.15, 0.2) is 0 Å². The molecule has 0 bridgehead atoms. The van der Waals surface area contributed by atoms with E-state index in [0.717, 1.165) is 24.6 Å². The van der Waals surface area contributed by atoms with E-state index in [1.165, 1.54) is 29.5 Å². The summed E-state index contributed by atoms with van der Waals surface area (Å²) in [4.78, 5) is 14.6. The lowest BCUT2D eigenvalue weighted by atomic mass is 10.0. The molecule has 3 nitrogen and oxygen atoms in total. The summed E-state index contributed by atoms with van der Waals surface area (Å²) in [5.41, 5.74) is 5.04. The number of hydrogen-bond acceptors (Lipinski definition) is 2. The van der Waals surface area contributed by atoms with Crippen molar-refractivity contribution >= 4 is 11.6 Å². The second-order valence-corrected chi connectivity index (χ2v) is 7.25. The molecule has 2 aromatic carbocycles. The first-order chi connectivity index (χ1) is 12.6. The van der Waals surface area contributed by atoms with Gasteiger partial charge in [-0.3, -0.25) is 4.79 Å². The Labute approximate surface area is 157 Å². The van der Waals surface area contributed by atoms with Crippen LogP contribution in [0.25, 0.3) is 0 Å². The molecular formula is C23H30N2O. The van der Waals surface area contributed by atoms with Crippen LogP contribution in [-0.2, 0) is 11.2 Å². The number of nitrogens with zero attached hydrogens (tertiary/aromatic N) is 1. The molecule has 1 unspecified atom stereocenters. The van der Waals surface area contributed by atoms with Crippen LogP contribution in [0.1, 0.15) is 61.8 Å². The van der Waals surface area contributed by atoms with Gasteiger partial charge >= 0.3 is 0 Å². The Hall–Kier alpha value is -2.29. The second-order valence-electron chi connectivity index (χ2n) is 7.25. The zero-order chi connectivity index (χ0) is 18.5. The first kappa shape index (κ1) is 18.5. The molecule has 2 aromatic rings. The second kappa shape index (κ2) is 8.39. The van der Waals surface area contributed by atoms with E-state index in [-0.39, 0.29) is 11.9 Å². The lowest BCUT2D eigenvalue weighted by molar-refractivity contribution is -0.133. The Morgan fingerprint density at radius 2 is 1.77 bits per heavy atom. The third-order valence-electron chi connectivity index (χ3n) is 5.44. The minimum atomic E-state index is 0.104. The van der Waals surface area contributed by atoms with Gasteiger partial charge in [-0.2, -0.15) is 0 Å². The summed E-state index contributed by atoms with van der Waals surface area (Å²) in [5, 5.41) is 3.14. The van der Waals surface area contributed by atoms with Crippen molar-refractivity contribution in [1.82, 2.24) is 4.90 Å². The van der Waals surface area contributed by atoms with Gasteiger partial charge in [0.2, 0.25) is 5.91 Å². The summed E-state index contributed by atoms with van der Waals surface area (Å²) >= 11 is 0. The van der Waals surface area contributed by atoms with Crippen molar-refractivity contribution < 1.29 is 4.79 Å². The van der Waals surface area contributed by atoms with Crippen LogP contribution in [0.4, 0.5) is 5.69 Å². The van der Waals surface area contributed by atoms with E-state index < -0.39 is 0 Å². The van der Waals surface area contributed by atoms with Crippen molar-refractivity contribution in [2.24, 2.45) is 0 Å². The largest absolute Gasteiger partial charge is 0.388 e. The van der Waals surface area contributed by atoms with E-state index in [0.29, 0.717) is 6.42 Å². The van der Waals surface area contributed by atoms with E-state index >= 15 is 0 Å². The maximum atomic E-state index is 12.5. The van der Waals surface area contributed by atoms with Crippen molar-refractivity contribution in [1.29, 1.82) is 0 Å². The molecule has 1 N–H and O–H groups in total. The summed E-state index contributed by atoms with van der Waals surface area (Å²) in [6.45, 7) is 4.83. The molecule has 26 heavy (non-hydrogen) atoms. The SMILES string of the molecule is CCC(=O)N(CCc1ccc(NC)cc1)C(C)c1ccc(C2CC2)cc1. The Morgan fingerprint density at radius 3 is 2.31 bits per heavy atom. The molecule has 138 valence electrons. The van der Waals surface area contributed by atoms with Gasteiger partial charge in [0.25, 0.3) is 0 Å². The van der Waals surface area contributed by atoms with E-state index in [4.69, 9.17) is 0 Å². The van der Waals surface area contributed by atoms with Gasteiger partial charge in [-0.1, -0.05) is 43.3 Å². The van der Waals surface area contributed by atoms with Gasteiger partial charge in [0.1, 0.15) is 0 Å². The van der Waals surface area contributed by atoms with E-state index in [1.54, 1.807) is 0 Å². The van der Waals surface area contributed by atoms with E-state index in [9.17, 15) is 4.79 Å². The quantitative estimate of drug-likeness (QED) is 0.714. The highest BCUT2D eigenvalue weighted by molar-refractivity contribution is 5.76. The lowest BCUT2D eigenvalue weighted by Gasteiger charge is -2.30. The summed E-state index contributed by atoms with van der Waals surface area (Å²) in [7, 11) is 1.92. The minimum absolute atomic E-state index is 0.104. The molecule has 1 amide bonds. The number of amides is 1. The molecular weight excluding hydrogens is 320 g/mol. The zero-order valence-electron chi connectivity index (χ0n) is 16.2. The molecule has 0 aliphatic heterocycles. The molecule has 0 aromatic heterocycles. The smallest absolute Gasteiger partial charge is 0.222 e. The summed E-state index contributed by atoms with van der Waals surface area (Å²) in [6.07, 6.45) is 4.06. The predicted octanol–water partition coefficient (Wildman–Crippen LogP) is 5.15. The minimum Gasteiger partial charge on any atom is -0.388 e. The number of anilines is 1. The van der Waals surface area contributed by atoms with Gasteiger partial charge in [0, 0.05) is 25.7 Å². The molecule has 1 atom stereocenters. The summed E-state index contributed by atoms with van der Waals surface area (Å²) in [6, 6.07) is 17.4. The van der Waals surface area contributed by atoms with Crippen LogP contribution < -0.4 is 5.32 Å². The fourth-order valence-electron chi connectivity index (χ4n) is 3.47. The maximum Gasteiger partial charge on any atom is 0.222 e. The predicted molar refractivity (Wildman–Crippen MR) is 109 cm³/mol. The molecule has 1 aliphatic rings. The maximum absolute atomic E-state index is 12.5. The van der Waals surface area contributed by atoms with Crippen LogP contribution in [0, 0.1) is 0 Å². The van der Waals surface area contributed by atoms with Crippen LogP contribution >= 0.6 is 0 Å². The molecule has 0 radical (unpaired) electrons. The highest BCUT2D eigenvalue weighted by Gasteiger charge is 2.24. The van der Waals surface area contributed by atoms with Crippen molar-refractivity contribution in [3.63, 3.8) is 0 Å². The van der Waals surface area contributed by atoms with Gasteiger partial charge in [-0.25, -0.2) is 0 Å². The zero-order valence-corrected chi connectivity index (χ0v) is 16.2. The van der Waals surface area contributed by atoms with Crippen LogP contribution in [0.2, 0.25) is 0 Å². The van der Waals surface area contributed by atoms with E-state index in [1.807, 2.05) is 18.9 Å². The topological polar surface area (TPSA) is 32.3 Å². The molecule has 1 aliphatic carbocycles. The first-order valence-electron chi connectivity index (χ1n) is 9.78. The molecule has 3 heteroatoms. The Morgan fingerprint density at radius 1 is 1.12 bits per heavy atom. The average Bonchev–Trinajstić information content (AvgIpc) is 3.53. The number of carbonyl (C=O) groups is 1. The number of rotatable bonds is 8. The number of benzene rings is 2. The lowest BCUT2D eigenvalue weighted by Crippen LogP contribution is -2.34. The van der Waals surface area contributed by atoms with Gasteiger partial charge in [-0.15, -0.1) is 0 Å². The molecule has 0 saturated heterocycles. The van der Waals surface area contributed by atoms with Gasteiger partial charge < -0.3 is 10.2 Å². The van der Waals surface area contributed by atoms with Crippen LogP contribution in [0.3, 0.4) is 0 Å². The van der Waals surface area contributed by atoms with Crippen molar-refractivity contribution in [2.75, 3.05) is 18.9 Å². The van der Waals surface area contributed by atoms with Crippen molar-refractivity contribution in [3.8, 4) is 0 Å². The van der Waals surface area contributed by atoms with E-state index in [2.05, 4.69) is 60.8 Å².